The van der Waals surface area contributed by atoms with Crippen LogP contribution < -0.4 is 28.1 Å². The molecule has 12 heteroatoms. The number of benzene rings is 4. The maximum Gasteiger partial charge on any atom is 0.373 e. The fourth-order valence-electron chi connectivity index (χ4n) is 8.60. The quantitative estimate of drug-likeness (QED) is 0.155. The molecule has 6 aromatic rings. The van der Waals surface area contributed by atoms with E-state index in [0.29, 0.717) is 72.4 Å². The van der Waals surface area contributed by atoms with E-state index in [0.717, 1.165) is 44.5 Å². The molecule has 0 saturated carbocycles. The first kappa shape index (κ1) is 30.1. The van der Waals surface area contributed by atoms with Crippen LogP contribution in [0.3, 0.4) is 0 Å². The van der Waals surface area contributed by atoms with Crippen molar-refractivity contribution in [2.75, 3.05) is 26.4 Å². The average molecular weight is 707 g/mol. The number of nitrogens with zero attached hydrogens (tertiary/aromatic N) is 8. The average Bonchev–Trinajstić information content (AvgIpc) is 4.06. The lowest BCUT2D eigenvalue weighted by molar-refractivity contribution is -0.697. The third-order valence-corrected chi connectivity index (χ3v) is 11.2. The Labute approximate surface area is 308 Å². The fourth-order valence-corrected chi connectivity index (χ4v) is 8.60. The van der Waals surface area contributed by atoms with Gasteiger partial charge in [-0.25, -0.2) is 9.69 Å². The van der Waals surface area contributed by atoms with Gasteiger partial charge in [0.15, 0.2) is 35.5 Å². The van der Waals surface area contributed by atoms with Crippen LogP contribution in [0.15, 0.2) is 85.5 Å². The number of fused-ring (bicyclic) bond motifs is 10. The molecule has 0 radical (unpaired) electrons. The molecule has 0 spiro atoms. The van der Waals surface area contributed by atoms with Crippen molar-refractivity contribution < 1.29 is 28.1 Å². The highest BCUT2D eigenvalue weighted by atomic mass is 16.6. The van der Waals surface area contributed by atoms with E-state index in [9.17, 15) is 10.5 Å². The minimum atomic E-state index is -0.188. The molecule has 54 heavy (non-hydrogen) atoms. The molecule has 5 aliphatic rings. The molecule has 256 valence electrons. The summed E-state index contributed by atoms with van der Waals surface area (Å²) in [6, 6.07) is 27.1. The summed E-state index contributed by atoms with van der Waals surface area (Å²) in [4.78, 5) is 7.31. The molecular formula is C42H26N8O4+2. The van der Waals surface area contributed by atoms with E-state index < -0.39 is 0 Å². The Balaban J connectivity index is 1.14. The van der Waals surface area contributed by atoms with Crippen molar-refractivity contribution in [2.45, 2.75) is 24.2 Å². The van der Waals surface area contributed by atoms with Gasteiger partial charge in [-0.05, 0) is 76.9 Å². The second-order valence-corrected chi connectivity index (χ2v) is 14.1. The van der Waals surface area contributed by atoms with Gasteiger partial charge < -0.3 is 18.9 Å². The van der Waals surface area contributed by atoms with Gasteiger partial charge in [0.1, 0.15) is 26.4 Å². The van der Waals surface area contributed by atoms with Gasteiger partial charge in [0, 0.05) is 22.3 Å². The van der Waals surface area contributed by atoms with Crippen molar-refractivity contribution in [3.05, 3.63) is 142 Å². The first-order valence-corrected chi connectivity index (χ1v) is 17.5. The summed E-state index contributed by atoms with van der Waals surface area (Å²) in [5, 5.41) is 19.6. The van der Waals surface area contributed by atoms with Gasteiger partial charge in [0.05, 0.1) is 36.4 Å². The van der Waals surface area contributed by atoms with Crippen molar-refractivity contribution >= 4 is 11.4 Å². The Morgan fingerprint density at radius 3 is 1.46 bits per heavy atom. The topological polar surface area (TPSA) is 111 Å². The Morgan fingerprint density at radius 1 is 0.537 bits per heavy atom. The number of imidazole rings is 2. The fraction of sp³-hybridized carbons (Fsp3) is 0.190. The second kappa shape index (κ2) is 11.0. The Morgan fingerprint density at radius 2 is 0.981 bits per heavy atom. The van der Waals surface area contributed by atoms with E-state index >= 15 is 0 Å². The van der Waals surface area contributed by atoms with Crippen LogP contribution in [0.2, 0.25) is 0 Å². The van der Waals surface area contributed by atoms with Crippen LogP contribution in [0.5, 0.6) is 23.5 Å². The second-order valence-electron chi connectivity index (χ2n) is 14.1. The molecule has 5 aliphatic heterocycles. The SMILES string of the molecule is [C-]#[N+]c1cc([N+]#[C-])cc(-c2cc3cc(c2)C2COc4c5[n+](cn42)C(CO5)c2cc(-c4cc(C#N)cc(C#N)c4)cc(c2)C2COc4c5n(c[n+]42)C3CO5)c1. The first-order valence-electron chi connectivity index (χ1n) is 17.5. The lowest BCUT2D eigenvalue weighted by atomic mass is 9.92. The Bertz CT molecular complexity index is 2480. The Kier molecular flexibility index (Phi) is 6.13. The van der Waals surface area contributed by atoms with Gasteiger partial charge in [-0.2, -0.15) is 28.8 Å². The minimum absolute atomic E-state index is 0.183. The van der Waals surface area contributed by atoms with Gasteiger partial charge in [0.25, 0.3) is 12.7 Å². The molecule has 0 amide bonds. The van der Waals surface area contributed by atoms with Crippen molar-refractivity contribution in [1.29, 1.82) is 10.5 Å². The van der Waals surface area contributed by atoms with Crippen LogP contribution in [0.25, 0.3) is 31.9 Å². The molecule has 0 N–H and O–H groups in total. The zero-order chi connectivity index (χ0) is 36.2. The van der Waals surface area contributed by atoms with Crippen molar-refractivity contribution in [3.63, 3.8) is 0 Å². The maximum atomic E-state index is 9.80. The summed E-state index contributed by atoms with van der Waals surface area (Å²) in [5.41, 5.74) is 9.06. The molecular weight excluding hydrogens is 681 g/mol. The highest BCUT2D eigenvalue weighted by molar-refractivity contribution is 5.76. The summed E-state index contributed by atoms with van der Waals surface area (Å²) in [5.74, 6) is 2.63. The standard InChI is InChI=1S/C42H26N8O4/c1-45-33-12-28(13-34(14-33)46-2)27-8-31-11-32(9-27)38-20-54-42-40-48(22-50(38)42)36(18-52-40)30-7-26(25-4-23(15-43)3-24(5-25)16-44)6-29(10-30)35-17-51-39-41-49(21-47(35)39)37(31)19-53-41/h3-14,21-22,35-38H,17-20H2/q+2. The van der Waals surface area contributed by atoms with E-state index in [4.69, 9.17) is 32.1 Å². The van der Waals surface area contributed by atoms with Gasteiger partial charge in [-0.15, -0.1) is 0 Å². The zero-order valence-corrected chi connectivity index (χ0v) is 28.4. The number of rotatable bonds is 2. The van der Waals surface area contributed by atoms with Gasteiger partial charge in [0.2, 0.25) is 0 Å². The largest absolute Gasteiger partial charge is 0.452 e. The number of nitriles is 2. The smallest absolute Gasteiger partial charge is 0.373 e. The van der Waals surface area contributed by atoms with E-state index in [2.05, 4.69) is 89.1 Å². The van der Waals surface area contributed by atoms with E-state index in [1.165, 1.54) is 0 Å². The van der Waals surface area contributed by atoms with Crippen LogP contribution in [0.4, 0.5) is 11.4 Å². The number of ether oxygens (including phenoxy) is 4. The lowest BCUT2D eigenvalue weighted by Gasteiger charge is -2.17. The van der Waals surface area contributed by atoms with Gasteiger partial charge >= 0.3 is 23.5 Å². The maximum absolute atomic E-state index is 9.80. The predicted molar refractivity (Wildman–Crippen MR) is 189 cm³/mol. The van der Waals surface area contributed by atoms with Crippen LogP contribution in [0.1, 0.15) is 57.5 Å². The monoisotopic (exact) mass is 706 g/mol. The molecule has 11 rings (SSSR count). The summed E-state index contributed by atoms with van der Waals surface area (Å²) < 4.78 is 34.2. The molecule has 0 aliphatic carbocycles. The molecule has 0 fully saturated rings. The highest BCUT2D eigenvalue weighted by Gasteiger charge is 2.48. The van der Waals surface area contributed by atoms with Crippen molar-refractivity contribution in [3.8, 4) is 57.9 Å². The van der Waals surface area contributed by atoms with E-state index in [1.807, 2.05) is 24.3 Å². The normalized spacial score (nSPS) is 20.1. The van der Waals surface area contributed by atoms with Gasteiger partial charge in [-0.3, -0.25) is 0 Å². The number of aromatic nitrogens is 4. The first-order chi connectivity index (χ1) is 26.5. The summed E-state index contributed by atoms with van der Waals surface area (Å²) >= 11 is 0. The molecule has 4 aromatic carbocycles. The molecule has 7 heterocycles. The molecule has 12 nitrogen and oxygen atoms in total. The summed E-state index contributed by atoms with van der Waals surface area (Å²) in [7, 11) is 0. The van der Waals surface area contributed by atoms with Gasteiger partial charge in [-0.1, -0.05) is 18.2 Å². The minimum Gasteiger partial charge on any atom is -0.452 e. The van der Waals surface area contributed by atoms with Crippen LogP contribution in [-0.2, 0) is 0 Å². The predicted octanol–water partition coefficient (Wildman–Crippen LogP) is 6.28. The summed E-state index contributed by atoms with van der Waals surface area (Å²) in [6.45, 7) is 17.0. The molecule has 2 aromatic heterocycles. The highest BCUT2D eigenvalue weighted by Crippen LogP contribution is 2.46. The van der Waals surface area contributed by atoms with E-state index in [1.54, 1.807) is 12.1 Å². The van der Waals surface area contributed by atoms with Crippen LogP contribution >= 0.6 is 0 Å². The van der Waals surface area contributed by atoms with Crippen LogP contribution in [-0.4, -0.2) is 35.6 Å². The van der Waals surface area contributed by atoms with E-state index in [-0.39, 0.29) is 24.2 Å². The Hall–Kier alpha value is -7.54. The third-order valence-electron chi connectivity index (χ3n) is 11.2. The molecule has 0 saturated heterocycles. The zero-order valence-electron chi connectivity index (χ0n) is 28.4. The summed E-state index contributed by atoms with van der Waals surface area (Å²) in [6.07, 6.45) is 4.15. The number of hydrogen-bond acceptors (Lipinski definition) is 6. The lowest BCUT2D eigenvalue weighted by Crippen LogP contribution is -2.38. The van der Waals surface area contributed by atoms with Crippen LogP contribution in [0, 0.1) is 35.8 Å². The molecule has 4 atom stereocenters. The van der Waals surface area contributed by atoms with Crippen molar-refractivity contribution in [1.82, 2.24) is 9.13 Å². The third kappa shape index (κ3) is 4.26. The van der Waals surface area contributed by atoms with Crippen molar-refractivity contribution in [2.24, 2.45) is 0 Å². The molecule has 8 bridgehead atoms. The molecule has 4 unspecified atom stereocenters. The number of hydrogen-bond donors (Lipinski definition) is 0.